The van der Waals surface area contributed by atoms with Gasteiger partial charge in [0.15, 0.2) is 11.8 Å². The second-order valence-corrected chi connectivity index (χ2v) is 13.6. The number of carbonyl (C=O) groups excluding carboxylic acids is 5. The molecular formula is C38H29Cl2N3O8S. The van der Waals surface area contributed by atoms with Crippen molar-refractivity contribution >= 4 is 70.4 Å². The number of ether oxygens (including phenoxy) is 2. The Bertz CT molecular complexity index is 1980. The number of esters is 2. The van der Waals surface area contributed by atoms with E-state index in [-0.39, 0.29) is 29.3 Å². The Kier molecular flexibility index (Phi) is 11.7. The first-order valence-corrected chi connectivity index (χ1v) is 17.8. The molecule has 6 rings (SSSR count). The van der Waals surface area contributed by atoms with E-state index in [9.17, 15) is 24.0 Å². The van der Waals surface area contributed by atoms with Crippen molar-refractivity contribution in [1.82, 2.24) is 10.2 Å². The minimum absolute atomic E-state index is 0.0851. The number of amides is 2. The normalized spacial score (nSPS) is 16.9. The van der Waals surface area contributed by atoms with Crippen LogP contribution in [0.2, 0.25) is 0 Å². The highest BCUT2D eigenvalue weighted by atomic mass is 35.5. The molecule has 1 saturated heterocycles. The minimum atomic E-state index is -1.54. The SMILES string of the molecule is O=C(N[C@@H]1C(=O)N2C(C(=O)OC(c3ccccc3)c3ccccc3)=C(COC(=O)c3ccccc3)CS[C@@H]12)C(=NOC(=O)C(Cl)Cl)c1ccccc1. The van der Waals surface area contributed by atoms with Gasteiger partial charge in [0.1, 0.15) is 23.7 Å². The van der Waals surface area contributed by atoms with Crippen molar-refractivity contribution in [1.29, 1.82) is 0 Å². The number of nitrogens with one attached hydrogen (secondary N) is 1. The number of halogens is 2. The third-order valence-corrected chi connectivity index (χ3v) is 9.71. The number of hydrogen-bond donors (Lipinski definition) is 1. The van der Waals surface area contributed by atoms with Crippen molar-refractivity contribution in [3.63, 3.8) is 0 Å². The highest BCUT2D eigenvalue weighted by molar-refractivity contribution is 8.00. The first-order valence-electron chi connectivity index (χ1n) is 15.9. The van der Waals surface area contributed by atoms with Gasteiger partial charge in [-0.1, -0.05) is 138 Å². The number of rotatable bonds is 12. The molecule has 1 N–H and O–H groups in total. The van der Waals surface area contributed by atoms with Crippen LogP contribution < -0.4 is 5.32 Å². The Balaban J connectivity index is 1.28. The predicted octanol–water partition coefficient (Wildman–Crippen LogP) is 5.58. The lowest BCUT2D eigenvalue weighted by atomic mass is 10.0. The second kappa shape index (κ2) is 16.7. The van der Waals surface area contributed by atoms with E-state index in [2.05, 4.69) is 10.5 Å². The first-order chi connectivity index (χ1) is 25.2. The molecule has 0 saturated carbocycles. The molecule has 1 fully saturated rings. The molecule has 0 radical (unpaired) electrons. The summed E-state index contributed by atoms with van der Waals surface area (Å²) in [5, 5.41) is 5.60. The quantitative estimate of drug-likeness (QED) is 0.0490. The summed E-state index contributed by atoms with van der Waals surface area (Å²) in [4.78, 5) is 70.9. The summed E-state index contributed by atoms with van der Waals surface area (Å²) < 4.78 is 11.8. The van der Waals surface area contributed by atoms with Crippen molar-refractivity contribution in [2.24, 2.45) is 5.16 Å². The molecule has 2 atom stereocenters. The first kappa shape index (κ1) is 36.4. The van der Waals surface area contributed by atoms with Crippen LogP contribution in [-0.4, -0.2) is 68.9 Å². The van der Waals surface area contributed by atoms with Gasteiger partial charge in [-0.2, -0.15) is 0 Å². The Hall–Kier alpha value is -5.43. The highest BCUT2D eigenvalue weighted by Gasteiger charge is 2.55. The van der Waals surface area contributed by atoms with Gasteiger partial charge in [0.05, 0.1) is 5.56 Å². The zero-order valence-electron chi connectivity index (χ0n) is 27.1. The molecule has 264 valence electrons. The molecule has 4 aromatic rings. The van der Waals surface area contributed by atoms with E-state index in [0.717, 1.165) is 0 Å². The van der Waals surface area contributed by atoms with E-state index in [4.69, 9.17) is 37.5 Å². The zero-order valence-corrected chi connectivity index (χ0v) is 29.4. The van der Waals surface area contributed by atoms with Gasteiger partial charge in [-0.05, 0) is 23.3 Å². The largest absolute Gasteiger partial charge is 0.457 e. The summed E-state index contributed by atoms with van der Waals surface area (Å²) in [6, 6.07) is 33.7. The van der Waals surface area contributed by atoms with Crippen LogP contribution in [-0.2, 0) is 33.5 Å². The van der Waals surface area contributed by atoms with Crippen LogP contribution in [0.1, 0.15) is 33.2 Å². The molecule has 0 spiro atoms. The second-order valence-electron chi connectivity index (χ2n) is 11.4. The molecule has 0 bridgehead atoms. The van der Waals surface area contributed by atoms with Gasteiger partial charge in [0, 0.05) is 16.9 Å². The van der Waals surface area contributed by atoms with Gasteiger partial charge >= 0.3 is 17.9 Å². The maximum atomic E-state index is 14.2. The molecule has 11 nitrogen and oxygen atoms in total. The van der Waals surface area contributed by atoms with Gasteiger partial charge in [0.2, 0.25) is 4.84 Å². The van der Waals surface area contributed by atoms with Crippen LogP contribution in [0.4, 0.5) is 0 Å². The number of oxime groups is 1. The third kappa shape index (κ3) is 8.20. The summed E-state index contributed by atoms with van der Waals surface area (Å²) in [5.74, 6) is -3.81. The van der Waals surface area contributed by atoms with Crippen LogP contribution in [0.3, 0.4) is 0 Å². The fourth-order valence-electron chi connectivity index (χ4n) is 5.50. The number of carbonyl (C=O) groups is 5. The lowest BCUT2D eigenvalue weighted by Gasteiger charge is -2.49. The van der Waals surface area contributed by atoms with Crippen molar-refractivity contribution in [2.75, 3.05) is 12.4 Å². The lowest BCUT2D eigenvalue weighted by Crippen LogP contribution is -2.71. The van der Waals surface area contributed by atoms with Gasteiger partial charge < -0.3 is 19.6 Å². The Morgan fingerprint density at radius 1 is 0.788 bits per heavy atom. The number of nitrogens with zero attached hydrogens (tertiary/aromatic N) is 2. The van der Waals surface area contributed by atoms with Crippen molar-refractivity contribution in [3.8, 4) is 0 Å². The van der Waals surface area contributed by atoms with Crippen molar-refractivity contribution < 1.29 is 38.3 Å². The number of thioether (sulfide) groups is 1. The number of fused-ring (bicyclic) bond motifs is 1. The van der Waals surface area contributed by atoms with Crippen LogP contribution in [0, 0.1) is 0 Å². The maximum Gasteiger partial charge on any atom is 0.367 e. The van der Waals surface area contributed by atoms with E-state index >= 15 is 0 Å². The molecule has 0 unspecified atom stereocenters. The minimum Gasteiger partial charge on any atom is -0.457 e. The van der Waals surface area contributed by atoms with E-state index in [0.29, 0.717) is 22.3 Å². The predicted molar refractivity (Wildman–Crippen MR) is 194 cm³/mol. The van der Waals surface area contributed by atoms with E-state index < -0.39 is 52.1 Å². The molecule has 14 heteroatoms. The van der Waals surface area contributed by atoms with Crippen molar-refractivity contribution in [2.45, 2.75) is 22.4 Å². The van der Waals surface area contributed by atoms with Gasteiger partial charge in [-0.15, -0.1) is 11.8 Å². The van der Waals surface area contributed by atoms with Crippen molar-refractivity contribution in [3.05, 3.63) is 155 Å². The maximum absolute atomic E-state index is 14.2. The van der Waals surface area contributed by atoms with Crippen LogP contribution >= 0.6 is 35.0 Å². The average molecular weight is 759 g/mol. The molecule has 52 heavy (non-hydrogen) atoms. The molecule has 0 aliphatic carbocycles. The molecular weight excluding hydrogens is 729 g/mol. The number of β-lactam (4-membered cyclic amide) rings is 1. The van der Waals surface area contributed by atoms with Gasteiger partial charge in [0.25, 0.3) is 11.8 Å². The Labute approximate surface area is 312 Å². The monoisotopic (exact) mass is 757 g/mol. The Morgan fingerprint density at radius 2 is 1.33 bits per heavy atom. The smallest absolute Gasteiger partial charge is 0.367 e. The number of alkyl halides is 2. The van der Waals surface area contributed by atoms with Crippen LogP contribution in [0.25, 0.3) is 0 Å². The van der Waals surface area contributed by atoms with E-state index in [1.165, 1.54) is 16.7 Å². The summed E-state index contributed by atoms with van der Waals surface area (Å²) in [5.41, 5.74) is 1.95. The average Bonchev–Trinajstić information content (AvgIpc) is 3.18. The van der Waals surface area contributed by atoms with Crippen LogP contribution in [0.15, 0.2) is 138 Å². The Morgan fingerprint density at radius 3 is 1.88 bits per heavy atom. The van der Waals surface area contributed by atoms with Crippen LogP contribution in [0.5, 0.6) is 0 Å². The number of benzene rings is 4. The zero-order chi connectivity index (χ0) is 36.6. The van der Waals surface area contributed by atoms with E-state index in [1.54, 1.807) is 60.7 Å². The molecule has 2 heterocycles. The summed E-state index contributed by atoms with van der Waals surface area (Å²) in [6.07, 6.45) is -0.830. The number of hydrogen-bond acceptors (Lipinski definition) is 10. The molecule has 2 aliphatic heterocycles. The summed E-state index contributed by atoms with van der Waals surface area (Å²) >= 11 is 12.4. The molecule has 2 aliphatic rings. The molecule has 4 aromatic carbocycles. The summed E-state index contributed by atoms with van der Waals surface area (Å²) in [6.45, 7) is -0.293. The molecule has 0 aromatic heterocycles. The summed E-state index contributed by atoms with van der Waals surface area (Å²) in [7, 11) is 0. The third-order valence-electron chi connectivity index (χ3n) is 8.01. The standard InChI is InChI=1S/C38H29Cl2N3O8S/c39-32(40)38(48)51-42-28(23-13-5-1-6-14-23)33(44)41-29-34(45)43-30(27(22-52-35(29)43)21-49-36(46)26-19-11-4-12-20-26)37(47)50-31(24-15-7-2-8-16-24)25-17-9-3-10-18-25/h1-20,29,31-32,35H,21-22H2,(H,41,44)/t29-,35+/m1/s1. The lowest BCUT2D eigenvalue weighted by molar-refractivity contribution is -0.154. The van der Waals surface area contributed by atoms with E-state index in [1.807, 2.05) is 60.7 Å². The highest BCUT2D eigenvalue weighted by Crippen LogP contribution is 2.42. The van der Waals surface area contributed by atoms with Gasteiger partial charge in [-0.3, -0.25) is 14.5 Å². The fraction of sp³-hybridized carbons (Fsp3) is 0.158. The molecule has 2 amide bonds. The topological polar surface area (TPSA) is 141 Å². The fourth-order valence-corrected chi connectivity index (χ4v) is 6.91. The van der Waals surface area contributed by atoms with Gasteiger partial charge in [-0.25, -0.2) is 14.4 Å².